The number of aryl methyl sites for hydroxylation is 2. The van der Waals surface area contributed by atoms with E-state index < -0.39 is 0 Å². The molecular weight excluding hydrogens is 387 g/mol. The highest BCUT2D eigenvalue weighted by molar-refractivity contribution is 5.64. The van der Waals surface area contributed by atoms with Crippen molar-refractivity contribution in [3.8, 4) is 11.1 Å². The van der Waals surface area contributed by atoms with Crippen LogP contribution in [0.5, 0.6) is 0 Å². The Morgan fingerprint density at radius 1 is 0.774 bits per heavy atom. The van der Waals surface area contributed by atoms with Crippen molar-refractivity contribution in [1.82, 2.24) is 0 Å². The molecule has 0 bridgehead atoms. The fourth-order valence-electron chi connectivity index (χ4n) is 4.33. The molecule has 2 aromatic rings. The van der Waals surface area contributed by atoms with E-state index in [0.717, 1.165) is 50.0 Å². The average Bonchev–Trinajstić information content (AvgIpc) is 2.79. The average molecular weight is 427 g/mol. The molecule has 2 aromatic carbocycles. The molecule has 2 nitrogen and oxygen atoms in total. The van der Waals surface area contributed by atoms with Gasteiger partial charge in [-0.15, -0.1) is 0 Å². The maximum atomic E-state index is 14.5. The first-order chi connectivity index (χ1) is 15.2. The molecule has 1 aliphatic rings. The molecule has 0 amide bonds. The molecule has 0 saturated carbocycles. The van der Waals surface area contributed by atoms with Crippen LogP contribution < -0.4 is 0 Å². The van der Waals surface area contributed by atoms with Crippen LogP contribution in [0.1, 0.15) is 76.3 Å². The number of benzene rings is 2. The first-order valence-corrected chi connectivity index (χ1v) is 12.3. The highest BCUT2D eigenvalue weighted by atomic mass is 19.1. The van der Waals surface area contributed by atoms with E-state index in [2.05, 4.69) is 26.0 Å². The van der Waals surface area contributed by atoms with Crippen molar-refractivity contribution in [2.24, 2.45) is 5.92 Å². The molecule has 1 fully saturated rings. The summed E-state index contributed by atoms with van der Waals surface area (Å²) in [7, 11) is 0. The number of hydrogen-bond acceptors (Lipinski definition) is 2. The molecule has 1 saturated heterocycles. The Labute approximate surface area is 188 Å². The van der Waals surface area contributed by atoms with Gasteiger partial charge in [-0.3, -0.25) is 0 Å². The predicted molar refractivity (Wildman–Crippen MR) is 127 cm³/mol. The van der Waals surface area contributed by atoms with E-state index in [0.29, 0.717) is 11.5 Å². The van der Waals surface area contributed by atoms with Gasteiger partial charge in [0.15, 0.2) is 6.29 Å². The van der Waals surface area contributed by atoms with Crippen LogP contribution in [0.15, 0.2) is 42.5 Å². The molecule has 0 atom stereocenters. The van der Waals surface area contributed by atoms with Crippen LogP contribution in [0.3, 0.4) is 0 Å². The lowest BCUT2D eigenvalue weighted by atomic mass is 9.99. The van der Waals surface area contributed by atoms with Crippen molar-refractivity contribution in [1.29, 1.82) is 0 Å². The summed E-state index contributed by atoms with van der Waals surface area (Å²) in [5.74, 6) is 0.415. The Balaban J connectivity index is 1.40. The summed E-state index contributed by atoms with van der Waals surface area (Å²) in [6.07, 6.45) is 11.4. The largest absolute Gasteiger partial charge is 0.352 e. The Morgan fingerprint density at radius 2 is 1.48 bits per heavy atom. The summed E-state index contributed by atoms with van der Waals surface area (Å²) in [5.41, 5.74) is 3.89. The number of rotatable bonds is 12. The van der Waals surface area contributed by atoms with Crippen molar-refractivity contribution in [3.63, 3.8) is 0 Å². The van der Waals surface area contributed by atoms with Gasteiger partial charge < -0.3 is 9.47 Å². The highest BCUT2D eigenvalue weighted by Crippen LogP contribution is 2.26. The van der Waals surface area contributed by atoms with Crippen molar-refractivity contribution in [2.75, 3.05) is 13.2 Å². The minimum absolute atomic E-state index is 0.0976. The van der Waals surface area contributed by atoms with Crippen molar-refractivity contribution in [3.05, 3.63) is 59.4 Å². The SMILES string of the molecule is CCCCCCCC1COC(CCc2ccc(-c3ccc(CCC)cc3F)cc2)OC1. The van der Waals surface area contributed by atoms with Crippen molar-refractivity contribution >= 4 is 0 Å². The van der Waals surface area contributed by atoms with E-state index >= 15 is 0 Å². The Kier molecular flexibility index (Phi) is 10.0. The summed E-state index contributed by atoms with van der Waals surface area (Å²) in [5, 5.41) is 0. The van der Waals surface area contributed by atoms with Gasteiger partial charge in [-0.1, -0.05) is 88.8 Å². The van der Waals surface area contributed by atoms with E-state index in [9.17, 15) is 4.39 Å². The van der Waals surface area contributed by atoms with Gasteiger partial charge in [0.1, 0.15) is 5.82 Å². The molecule has 1 aliphatic heterocycles. The minimum Gasteiger partial charge on any atom is -0.352 e. The molecule has 0 N–H and O–H groups in total. The number of unbranched alkanes of at least 4 members (excludes halogenated alkanes) is 4. The summed E-state index contributed by atoms with van der Waals surface area (Å²) in [6.45, 7) is 6.01. The quantitative estimate of drug-likeness (QED) is 0.323. The maximum Gasteiger partial charge on any atom is 0.157 e. The third-order valence-corrected chi connectivity index (χ3v) is 6.26. The molecule has 0 unspecified atom stereocenters. The Hall–Kier alpha value is -1.71. The second kappa shape index (κ2) is 13.0. The zero-order valence-electron chi connectivity index (χ0n) is 19.4. The van der Waals surface area contributed by atoms with E-state index in [1.807, 2.05) is 24.3 Å². The molecule has 0 aromatic heterocycles. The van der Waals surface area contributed by atoms with Crippen LogP contribution in [0.4, 0.5) is 4.39 Å². The zero-order chi connectivity index (χ0) is 21.9. The van der Waals surface area contributed by atoms with E-state index in [1.165, 1.54) is 44.1 Å². The topological polar surface area (TPSA) is 18.5 Å². The normalized spacial score (nSPS) is 18.9. The summed E-state index contributed by atoms with van der Waals surface area (Å²) >= 11 is 0. The second-order valence-corrected chi connectivity index (χ2v) is 8.96. The zero-order valence-corrected chi connectivity index (χ0v) is 19.4. The predicted octanol–water partition coefficient (Wildman–Crippen LogP) is 7.73. The Morgan fingerprint density at radius 3 is 2.16 bits per heavy atom. The van der Waals surface area contributed by atoms with Crippen molar-refractivity contribution < 1.29 is 13.9 Å². The first kappa shape index (κ1) is 23.9. The third-order valence-electron chi connectivity index (χ3n) is 6.26. The van der Waals surface area contributed by atoms with Crippen molar-refractivity contribution in [2.45, 2.75) is 84.3 Å². The van der Waals surface area contributed by atoms with E-state index in [-0.39, 0.29) is 12.1 Å². The fraction of sp³-hybridized carbons (Fsp3) is 0.571. The van der Waals surface area contributed by atoms with Gasteiger partial charge in [0.2, 0.25) is 0 Å². The minimum atomic E-state index is -0.136. The van der Waals surface area contributed by atoms with Gasteiger partial charge in [0, 0.05) is 17.9 Å². The number of halogens is 1. The Bertz CT molecular complexity index is 763. The standard InChI is InChI=1S/C28H39FO2/c1-3-5-6-7-8-10-24-20-30-28(31-21-24)18-14-22-11-15-25(16-12-22)26-17-13-23(9-4-2)19-27(26)29/h11-13,15-17,19,24,28H,3-10,14,18,20-21H2,1-2H3. The molecule has 0 aliphatic carbocycles. The maximum absolute atomic E-state index is 14.5. The molecule has 3 rings (SSSR count). The molecular formula is C28H39FO2. The van der Waals surface area contributed by atoms with Crippen LogP contribution in [0.2, 0.25) is 0 Å². The van der Waals surface area contributed by atoms with Gasteiger partial charge in [0.05, 0.1) is 13.2 Å². The second-order valence-electron chi connectivity index (χ2n) is 8.96. The molecule has 0 spiro atoms. The monoisotopic (exact) mass is 426 g/mol. The van der Waals surface area contributed by atoms with E-state index in [4.69, 9.17) is 9.47 Å². The molecule has 3 heteroatoms. The van der Waals surface area contributed by atoms with Crippen LogP contribution >= 0.6 is 0 Å². The van der Waals surface area contributed by atoms with Crippen LogP contribution in [0, 0.1) is 11.7 Å². The number of ether oxygens (including phenoxy) is 2. The van der Waals surface area contributed by atoms with Crippen LogP contribution in [-0.4, -0.2) is 19.5 Å². The summed E-state index contributed by atoms with van der Waals surface area (Å²) < 4.78 is 26.4. The smallest absolute Gasteiger partial charge is 0.157 e. The lowest BCUT2D eigenvalue weighted by molar-refractivity contribution is -0.203. The molecule has 0 radical (unpaired) electrons. The van der Waals surface area contributed by atoms with Gasteiger partial charge in [0.25, 0.3) is 0 Å². The lowest BCUT2D eigenvalue weighted by Gasteiger charge is -2.29. The summed E-state index contributed by atoms with van der Waals surface area (Å²) in [4.78, 5) is 0. The fourth-order valence-corrected chi connectivity index (χ4v) is 4.33. The third kappa shape index (κ3) is 7.73. The van der Waals surface area contributed by atoms with Gasteiger partial charge >= 0.3 is 0 Å². The van der Waals surface area contributed by atoms with Gasteiger partial charge in [-0.25, -0.2) is 4.39 Å². The summed E-state index contributed by atoms with van der Waals surface area (Å²) in [6, 6.07) is 13.8. The highest BCUT2D eigenvalue weighted by Gasteiger charge is 2.21. The molecule has 31 heavy (non-hydrogen) atoms. The lowest BCUT2D eigenvalue weighted by Crippen LogP contribution is -2.32. The van der Waals surface area contributed by atoms with Crippen LogP contribution in [0.25, 0.3) is 11.1 Å². The molecule has 1 heterocycles. The first-order valence-electron chi connectivity index (χ1n) is 12.3. The van der Waals surface area contributed by atoms with Gasteiger partial charge in [-0.2, -0.15) is 0 Å². The van der Waals surface area contributed by atoms with Crippen LogP contribution in [-0.2, 0) is 22.3 Å². The molecule has 170 valence electrons. The van der Waals surface area contributed by atoms with Gasteiger partial charge in [-0.05, 0) is 42.0 Å². The van der Waals surface area contributed by atoms with E-state index in [1.54, 1.807) is 6.07 Å². The number of hydrogen-bond donors (Lipinski definition) is 0.